The largest absolute Gasteiger partial charge is 0.301 e. The highest BCUT2D eigenvalue weighted by molar-refractivity contribution is 5.33. The molecule has 2 rings (SSSR count). The van der Waals surface area contributed by atoms with E-state index in [1.165, 1.54) is 12.0 Å². The number of rotatable bonds is 2. The average Bonchev–Trinajstić information content (AvgIpc) is 2.80. The molecule has 12 heavy (non-hydrogen) atoms. The summed E-state index contributed by atoms with van der Waals surface area (Å²) >= 11 is 0. The molecule has 1 aliphatic rings. The summed E-state index contributed by atoms with van der Waals surface area (Å²) < 4.78 is 0. The van der Waals surface area contributed by atoms with Gasteiger partial charge in [-0.1, -0.05) is 37.3 Å². The third kappa shape index (κ3) is 0.969. The van der Waals surface area contributed by atoms with Crippen LogP contribution in [-0.4, -0.2) is 6.04 Å². The van der Waals surface area contributed by atoms with Crippen molar-refractivity contribution in [3.05, 3.63) is 35.9 Å². The molecule has 1 nitrogen and oxygen atoms in total. The fourth-order valence-corrected chi connectivity index (χ4v) is 2.03. The van der Waals surface area contributed by atoms with Gasteiger partial charge in [-0.05, 0) is 18.9 Å². The second kappa shape index (κ2) is 2.60. The van der Waals surface area contributed by atoms with Gasteiger partial charge < -0.3 is 5.32 Å². The van der Waals surface area contributed by atoms with Crippen molar-refractivity contribution in [3.8, 4) is 0 Å². The Bertz CT molecular complexity index is 264. The van der Waals surface area contributed by atoms with E-state index in [-0.39, 0.29) is 0 Å². The molecule has 0 aliphatic carbocycles. The Kier molecular flexibility index (Phi) is 1.69. The smallest absolute Gasteiger partial charge is 0.0587 e. The van der Waals surface area contributed by atoms with Gasteiger partial charge in [-0.25, -0.2) is 0 Å². The highest BCUT2D eigenvalue weighted by Crippen LogP contribution is 2.40. The summed E-state index contributed by atoms with van der Waals surface area (Å²) in [5.41, 5.74) is 1.72. The average molecular weight is 161 g/mol. The van der Waals surface area contributed by atoms with Gasteiger partial charge in [0, 0.05) is 6.04 Å². The Balaban J connectivity index is 2.31. The zero-order valence-corrected chi connectivity index (χ0v) is 7.67. The van der Waals surface area contributed by atoms with E-state index in [1.54, 1.807) is 0 Å². The second-order valence-electron chi connectivity index (χ2n) is 3.56. The molecule has 0 radical (unpaired) electrons. The van der Waals surface area contributed by atoms with Crippen molar-refractivity contribution in [2.24, 2.45) is 0 Å². The van der Waals surface area contributed by atoms with Crippen LogP contribution in [0.2, 0.25) is 0 Å². The zero-order valence-electron chi connectivity index (χ0n) is 7.67. The lowest BCUT2D eigenvalue weighted by Crippen LogP contribution is -2.12. The fraction of sp³-hybridized carbons (Fsp3) is 0.455. The lowest BCUT2D eigenvalue weighted by atomic mass is 9.93. The van der Waals surface area contributed by atoms with Crippen molar-refractivity contribution < 1.29 is 0 Å². The molecule has 1 heteroatoms. The Morgan fingerprint density at radius 3 is 2.33 bits per heavy atom. The minimum atomic E-state index is 0.293. The van der Waals surface area contributed by atoms with Gasteiger partial charge in [0.1, 0.15) is 0 Å². The third-order valence-electron chi connectivity index (χ3n) is 2.98. The zero-order chi connectivity index (χ0) is 8.60. The topological polar surface area (TPSA) is 21.9 Å². The van der Waals surface area contributed by atoms with Crippen LogP contribution in [0, 0.1) is 0 Å². The van der Waals surface area contributed by atoms with Gasteiger partial charge >= 0.3 is 0 Å². The van der Waals surface area contributed by atoms with E-state index in [1.807, 2.05) is 0 Å². The van der Waals surface area contributed by atoms with Crippen LogP contribution in [0.5, 0.6) is 0 Å². The lowest BCUT2D eigenvalue weighted by Gasteiger charge is -2.11. The summed E-state index contributed by atoms with van der Waals surface area (Å²) in [7, 11) is 0. The summed E-state index contributed by atoms with van der Waals surface area (Å²) in [6.07, 6.45) is 1.18. The molecule has 0 amide bonds. The molecule has 1 fully saturated rings. The predicted octanol–water partition coefficient (Wildman–Crippen LogP) is 2.28. The number of nitrogens with one attached hydrogen (secondary N) is 1. The molecule has 1 saturated heterocycles. The Morgan fingerprint density at radius 1 is 1.33 bits per heavy atom. The van der Waals surface area contributed by atoms with Crippen LogP contribution in [0.15, 0.2) is 30.3 Å². The van der Waals surface area contributed by atoms with Gasteiger partial charge in [0.15, 0.2) is 0 Å². The summed E-state index contributed by atoms with van der Waals surface area (Å²) in [6, 6.07) is 11.4. The first-order valence-electron chi connectivity index (χ1n) is 4.63. The van der Waals surface area contributed by atoms with E-state index in [0.29, 0.717) is 11.6 Å². The highest BCUT2D eigenvalue weighted by atomic mass is 15.2. The maximum Gasteiger partial charge on any atom is 0.0587 e. The van der Waals surface area contributed by atoms with Gasteiger partial charge in [-0.2, -0.15) is 0 Å². The minimum absolute atomic E-state index is 0.293. The van der Waals surface area contributed by atoms with Crippen molar-refractivity contribution in [2.75, 3.05) is 0 Å². The van der Waals surface area contributed by atoms with Crippen LogP contribution in [0.3, 0.4) is 0 Å². The van der Waals surface area contributed by atoms with Crippen molar-refractivity contribution in [3.63, 3.8) is 0 Å². The van der Waals surface area contributed by atoms with Crippen molar-refractivity contribution in [1.29, 1.82) is 0 Å². The normalized spacial score (nSPS) is 33.3. The summed E-state index contributed by atoms with van der Waals surface area (Å²) in [5, 5.41) is 3.51. The van der Waals surface area contributed by atoms with Gasteiger partial charge in [-0.15, -0.1) is 0 Å². The van der Waals surface area contributed by atoms with Crippen molar-refractivity contribution in [2.45, 2.75) is 31.8 Å². The standard InChI is InChI=1S/C11H15N/c1-3-11(9(2)12-11)10-7-5-4-6-8-10/h4-9,12H,3H2,1-2H3. The Morgan fingerprint density at radius 2 is 1.92 bits per heavy atom. The molecule has 64 valence electrons. The van der Waals surface area contributed by atoms with Crippen LogP contribution in [-0.2, 0) is 5.54 Å². The second-order valence-corrected chi connectivity index (χ2v) is 3.56. The van der Waals surface area contributed by atoms with Crippen LogP contribution in [0.25, 0.3) is 0 Å². The number of hydrogen-bond acceptors (Lipinski definition) is 1. The molecular weight excluding hydrogens is 146 g/mol. The molecule has 1 aromatic carbocycles. The maximum absolute atomic E-state index is 3.51. The molecule has 1 aromatic rings. The van der Waals surface area contributed by atoms with Gasteiger partial charge in [0.25, 0.3) is 0 Å². The molecule has 1 heterocycles. The van der Waals surface area contributed by atoms with Gasteiger partial charge in [0.05, 0.1) is 5.54 Å². The molecule has 2 atom stereocenters. The van der Waals surface area contributed by atoms with Crippen LogP contribution in [0.1, 0.15) is 25.8 Å². The molecule has 0 bridgehead atoms. The van der Waals surface area contributed by atoms with E-state index in [2.05, 4.69) is 49.5 Å². The van der Waals surface area contributed by atoms with Gasteiger partial charge in [0.2, 0.25) is 0 Å². The number of benzene rings is 1. The fourth-order valence-electron chi connectivity index (χ4n) is 2.03. The summed E-state index contributed by atoms with van der Waals surface area (Å²) in [4.78, 5) is 0. The SMILES string of the molecule is CCC1(c2ccccc2)NC1C. The first-order valence-corrected chi connectivity index (χ1v) is 4.63. The number of hydrogen-bond donors (Lipinski definition) is 1. The maximum atomic E-state index is 3.51. The Hall–Kier alpha value is -0.820. The molecular formula is C11H15N. The van der Waals surface area contributed by atoms with Gasteiger partial charge in [-0.3, -0.25) is 0 Å². The predicted molar refractivity (Wildman–Crippen MR) is 51.0 cm³/mol. The first-order chi connectivity index (χ1) is 5.79. The minimum Gasteiger partial charge on any atom is -0.301 e. The summed E-state index contributed by atoms with van der Waals surface area (Å²) in [5.74, 6) is 0. The van der Waals surface area contributed by atoms with Crippen LogP contribution >= 0.6 is 0 Å². The molecule has 0 saturated carbocycles. The summed E-state index contributed by atoms with van der Waals surface area (Å²) in [6.45, 7) is 4.49. The molecule has 2 unspecified atom stereocenters. The van der Waals surface area contributed by atoms with E-state index in [0.717, 1.165) is 0 Å². The van der Waals surface area contributed by atoms with E-state index in [4.69, 9.17) is 0 Å². The quantitative estimate of drug-likeness (QED) is 0.660. The van der Waals surface area contributed by atoms with E-state index in [9.17, 15) is 0 Å². The molecule has 0 aromatic heterocycles. The first kappa shape index (κ1) is 7.81. The van der Waals surface area contributed by atoms with Crippen LogP contribution in [0.4, 0.5) is 0 Å². The third-order valence-corrected chi connectivity index (χ3v) is 2.98. The monoisotopic (exact) mass is 161 g/mol. The van der Waals surface area contributed by atoms with E-state index >= 15 is 0 Å². The van der Waals surface area contributed by atoms with Crippen molar-refractivity contribution >= 4 is 0 Å². The molecule has 0 spiro atoms. The Labute approximate surface area is 73.8 Å². The van der Waals surface area contributed by atoms with Crippen molar-refractivity contribution in [1.82, 2.24) is 5.32 Å². The van der Waals surface area contributed by atoms with E-state index < -0.39 is 0 Å². The molecule has 1 N–H and O–H groups in total. The highest BCUT2D eigenvalue weighted by Gasteiger charge is 2.49. The lowest BCUT2D eigenvalue weighted by molar-refractivity contribution is 0.625. The molecule has 1 aliphatic heterocycles. The van der Waals surface area contributed by atoms with Crippen LogP contribution < -0.4 is 5.32 Å².